The molecule has 0 bridgehead atoms. The smallest absolute Gasteiger partial charge is 0.226 e. The highest BCUT2D eigenvalue weighted by molar-refractivity contribution is 5.81. The lowest BCUT2D eigenvalue weighted by Gasteiger charge is -2.42. The minimum absolute atomic E-state index is 0.147. The van der Waals surface area contributed by atoms with Crippen LogP contribution >= 0.6 is 0 Å². The van der Waals surface area contributed by atoms with Crippen LogP contribution in [0.4, 0.5) is 0 Å². The molecule has 4 heterocycles. The third kappa shape index (κ3) is 3.61. The lowest BCUT2D eigenvalue weighted by Crippen LogP contribution is -2.56. The number of rotatable bonds is 8. The first-order valence-electron chi connectivity index (χ1n) is 11.1. The van der Waals surface area contributed by atoms with E-state index in [-0.39, 0.29) is 11.9 Å². The number of benzene rings is 1. The van der Waals surface area contributed by atoms with Crippen LogP contribution in [-0.2, 0) is 22.6 Å². The van der Waals surface area contributed by atoms with Crippen molar-refractivity contribution < 1.29 is 14.3 Å². The number of para-hydroxylation sites is 1. The van der Waals surface area contributed by atoms with Crippen molar-refractivity contribution in [1.29, 1.82) is 0 Å². The van der Waals surface area contributed by atoms with E-state index in [2.05, 4.69) is 32.7 Å². The Morgan fingerprint density at radius 3 is 3.07 bits per heavy atom. The highest BCUT2D eigenvalue weighted by atomic mass is 16.5. The minimum Gasteiger partial charge on any atom is -0.493 e. The van der Waals surface area contributed by atoms with E-state index in [1.165, 1.54) is 5.56 Å². The molecule has 2 atom stereocenters. The van der Waals surface area contributed by atoms with Gasteiger partial charge in [0, 0.05) is 57.0 Å². The Morgan fingerprint density at radius 1 is 1.23 bits per heavy atom. The van der Waals surface area contributed by atoms with Gasteiger partial charge in [0.2, 0.25) is 5.91 Å². The topological polar surface area (TPSA) is 59.8 Å². The Balaban J connectivity index is 1.19. The zero-order valence-electron chi connectivity index (χ0n) is 17.4. The van der Waals surface area contributed by atoms with Gasteiger partial charge in [0.1, 0.15) is 5.75 Å². The molecular formula is C23H30N4O3. The van der Waals surface area contributed by atoms with Crippen molar-refractivity contribution in [3.05, 3.63) is 48.5 Å². The molecule has 3 aliphatic heterocycles. The van der Waals surface area contributed by atoms with Crippen LogP contribution in [0.5, 0.6) is 5.75 Å². The highest BCUT2D eigenvalue weighted by Gasteiger charge is 2.60. The Bertz CT molecular complexity index is 871. The molecule has 5 rings (SSSR count). The molecule has 0 unspecified atom stereocenters. The van der Waals surface area contributed by atoms with Gasteiger partial charge in [0.15, 0.2) is 5.72 Å². The molecule has 7 heteroatoms. The first-order chi connectivity index (χ1) is 14.8. The summed E-state index contributed by atoms with van der Waals surface area (Å²) in [5.41, 5.74) is 0.796. The molecule has 0 N–H and O–H groups in total. The molecule has 3 fully saturated rings. The van der Waals surface area contributed by atoms with E-state index in [9.17, 15) is 4.79 Å². The van der Waals surface area contributed by atoms with Gasteiger partial charge in [-0.15, -0.1) is 0 Å². The fraction of sp³-hybridized carbons (Fsp3) is 0.565. The molecule has 1 aromatic carbocycles. The summed E-state index contributed by atoms with van der Waals surface area (Å²) >= 11 is 0. The lowest BCUT2D eigenvalue weighted by molar-refractivity contribution is -0.180. The third-order valence-corrected chi connectivity index (χ3v) is 6.70. The number of carbonyl (C=O) groups excluding carboxylic acids is 1. The number of nitrogens with zero attached hydrogens (tertiary/aromatic N) is 4. The van der Waals surface area contributed by atoms with Crippen molar-refractivity contribution in [3.8, 4) is 5.75 Å². The highest BCUT2D eigenvalue weighted by Crippen LogP contribution is 2.45. The molecular weight excluding hydrogens is 380 g/mol. The number of amides is 1. The number of carbonyl (C=O) groups is 1. The van der Waals surface area contributed by atoms with Crippen LogP contribution in [0.25, 0.3) is 0 Å². The molecule has 0 radical (unpaired) electrons. The lowest BCUT2D eigenvalue weighted by atomic mass is 10.0. The van der Waals surface area contributed by atoms with Gasteiger partial charge in [0.25, 0.3) is 0 Å². The predicted molar refractivity (Wildman–Crippen MR) is 112 cm³/mol. The van der Waals surface area contributed by atoms with Gasteiger partial charge in [-0.25, -0.2) is 4.98 Å². The number of hydrogen-bond donors (Lipinski definition) is 0. The number of hydrogen-bond acceptors (Lipinski definition) is 5. The molecule has 3 aliphatic rings. The molecule has 0 aliphatic carbocycles. The van der Waals surface area contributed by atoms with Crippen molar-refractivity contribution in [1.82, 2.24) is 19.4 Å². The van der Waals surface area contributed by atoms with E-state index >= 15 is 0 Å². The monoisotopic (exact) mass is 410 g/mol. The molecule has 1 aromatic heterocycles. The van der Waals surface area contributed by atoms with Crippen LogP contribution in [0.15, 0.2) is 43.0 Å². The van der Waals surface area contributed by atoms with Crippen LogP contribution < -0.4 is 4.74 Å². The predicted octanol–water partition coefficient (Wildman–Crippen LogP) is 2.67. The normalized spacial score (nSPS) is 26.1. The van der Waals surface area contributed by atoms with E-state index in [0.717, 1.165) is 64.2 Å². The van der Waals surface area contributed by atoms with Crippen LogP contribution in [0.2, 0.25) is 0 Å². The second-order valence-electron chi connectivity index (χ2n) is 8.50. The second kappa shape index (κ2) is 8.40. The van der Waals surface area contributed by atoms with Gasteiger partial charge in [-0.05, 0) is 25.3 Å². The minimum atomic E-state index is -0.390. The summed E-state index contributed by atoms with van der Waals surface area (Å²) in [6, 6.07) is 8.44. The Kier molecular flexibility index (Phi) is 5.48. The van der Waals surface area contributed by atoms with E-state index in [1.807, 2.05) is 29.7 Å². The van der Waals surface area contributed by atoms with Gasteiger partial charge in [-0.1, -0.05) is 18.2 Å². The standard InChI is InChI=1S/C23H30N4O3/c28-22-16-21-23(27(22)11-5-15-30-23)8-12-26(21)17-19-6-1-2-7-20(19)29-14-4-3-10-25-13-9-24-18-25/h1-2,6-7,9,13,18,21H,3-5,8,10-12,14-17H2/t21-,23+/m1/s1. The quantitative estimate of drug-likeness (QED) is 0.626. The molecule has 160 valence electrons. The average Bonchev–Trinajstić information content (AvgIpc) is 3.46. The summed E-state index contributed by atoms with van der Waals surface area (Å²) in [7, 11) is 0. The molecule has 7 nitrogen and oxygen atoms in total. The van der Waals surface area contributed by atoms with E-state index in [1.54, 1.807) is 0 Å². The summed E-state index contributed by atoms with van der Waals surface area (Å²) in [6.45, 7) is 5.01. The Morgan fingerprint density at radius 2 is 2.17 bits per heavy atom. The number of aryl methyl sites for hydroxylation is 1. The molecule has 30 heavy (non-hydrogen) atoms. The molecule has 3 saturated heterocycles. The SMILES string of the molecule is O=C1C[C@H]2N(Cc3ccccc3OCCCCn3ccnc3)CC[C@]23OCCCN13. The average molecular weight is 411 g/mol. The van der Waals surface area contributed by atoms with Crippen molar-refractivity contribution in [2.75, 3.05) is 26.3 Å². The maximum absolute atomic E-state index is 12.6. The molecule has 2 aromatic rings. The zero-order chi connectivity index (χ0) is 20.4. The van der Waals surface area contributed by atoms with Crippen LogP contribution in [-0.4, -0.2) is 63.3 Å². The van der Waals surface area contributed by atoms with Crippen LogP contribution in [0, 0.1) is 0 Å². The summed E-state index contributed by atoms with van der Waals surface area (Å²) in [6.07, 6.45) is 10.1. The first kappa shape index (κ1) is 19.6. The summed E-state index contributed by atoms with van der Waals surface area (Å²) in [5.74, 6) is 1.19. The maximum Gasteiger partial charge on any atom is 0.226 e. The maximum atomic E-state index is 12.6. The first-order valence-corrected chi connectivity index (χ1v) is 11.1. The van der Waals surface area contributed by atoms with Gasteiger partial charge < -0.3 is 18.9 Å². The van der Waals surface area contributed by atoms with Crippen molar-refractivity contribution in [2.24, 2.45) is 0 Å². The van der Waals surface area contributed by atoms with Crippen LogP contribution in [0.3, 0.4) is 0 Å². The summed E-state index contributed by atoms with van der Waals surface area (Å²) in [5, 5.41) is 0. The summed E-state index contributed by atoms with van der Waals surface area (Å²) < 4.78 is 14.5. The second-order valence-corrected chi connectivity index (χ2v) is 8.50. The third-order valence-electron chi connectivity index (χ3n) is 6.70. The zero-order valence-corrected chi connectivity index (χ0v) is 17.4. The largest absolute Gasteiger partial charge is 0.493 e. The van der Waals surface area contributed by atoms with Gasteiger partial charge >= 0.3 is 0 Å². The van der Waals surface area contributed by atoms with Crippen molar-refractivity contribution in [2.45, 2.75) is 57.0 Å². The van der Waals surface area contributed by atoms with Gasteiger partial charge in [-0.3, -0.25) is 9.69 Å². The number of imidazole rings is 1. The molecule has 1 amide bonds. The van der Waals surface area contributed by atoms with E-state index in [0.29, 0.717) is 13.0 Å². The molecule has 0 saturated carbocycles. The number of aromatic nitrogens is 2. The number of ether oxygens (including phenoxy) is 2. The number of unbranched alkanes of at least 4 members (excludes halogenated alkanes) is 1. The summed E-state index contributed by atoms with van der Waals surface area (Å²) in [4.78, 5) is 21.1. The number of likely N-dealkylation sites (tertiary alicyclic amines) is 1. The van der Waals surface area contributed by atoms with E-state index < -0.39 is 5.72 Å². The van der Waals surface area contributed by atoms with E-state index in [4.69, 9.17) is 9.47 Å². The Labute approximate surface area is 177 Å². The van der Waals surface area contributed by atoms with Crippen molar-refractivity contribution in [3.63, 3.8) is 0 Å². The fourth-order valence-electron chi connectivity index (χ4n) is 5.21. The molecule has 1 spiro atoms. The fourth-order valence-corrected chi connectivity index (χ4v) is 5.21. The van der Waals surface area contributed by atoms with Gasteiger partial charge in [0.05, 0.1) is 25.6 Å². The Hall–Kier alpha value is -2.38. The van der Waals surface area contributed by atoms with Crippen molar-refractivity contribution >= 4 is 5.91 Å². The van der Waals surface area contributed by atoms with Crippen LogP contribution in [0.1, 0.15) is 37.7 Å². The van der Waals surface area contributed by atoms with Gasteiger partial charge in [-0.2, -0.15) is 0 Å².